The molecule has 2 aromatic rings. The fourth-order valence-electron chi connectivity index (χ4n) is 2.35. The van der Waals surface area contributed by atoms with Crippen LogP contribution in [0.3, 0.4) is 0 Å². The third-order valence-corrected chi connectivity index (χ3v) is 3.48. The Hall–Kier alpha value is -2.54. The molecule has 0 saturated heterocycles. The van der Waals surface area contributed by atoms with Crippen LogP contribution in [0.1, 0.15) is 32.3 Å². The maximum atomic E-state index is 10.7. The molecule has 0 spiro atoms. The van der Waals surface area contributed by atoms with Gasteiger partial charge >= 0.3 is 5.97 Å². The number of aliphatic carboxylic acids is 1. The first-order valence-corrected chi connectivity index (χ1v) is 6.85. The molecule has 0 aliphatic heterocycles. The van der Waals surface area contributed by atoms with Gasteiger partial charge in [0, 0.05) is 28.4 Å². The van der Waals surface area contributed by atoms with Crippen LogP contribution in [0.4, 0.5) is 5.69 Å². The first-order valence-electron chi connectivity index (χ1n) is 6.85. The van der Waals surface area contributed by atoms with Crippen LogP contribution >= 0.6 is 0 Å². The predicted octanol–water partition coefficient (Wildman–Crippen LogP) is 3.77. The van der Waals surface area contributed by atoms with Crippen molar-refractivity contribution < 1.29 is 9.90 Å². The van der Waals surface area contributed by atoms with E-state index in [1.54, 1.807) is 6.07 Å². The van der Waals surface area contributed by atoms with E-state index in [1.807, 2.05) is 44.2 Å². The molecule has 0 aliphatic rings. The molecule has 0 atom stereocenters. The number of hydrogen-bond acceptors (Lipinski definition) is 3. The van der Waals surface area contributed by atoms with E-state index in [4.69, 9.17) is 10.4 Å². The Balaban J connectivity index is 2.35. The van der Waals surface area contributed by atoms with Gasteiger partial charge in [-0.15, -0.1) is 0 Å². The van der Waals surface area contributed by atoms with Crippen LogP contribution in [-0.4, -0.2) is 16.6 Å². The van der Waals surface area contributed by atoms with Crippen LogP contribution in [0.25, 0.3) is 10.8 Å². The average Bonchev–Trinajstić information content (AvgIpc) is 2.45. The van der Waals surface area contributed by atoms with Crippen LogP contribution in [0.5, 0.6) is 0 Å². The molecule has 2 N–H and O–H groups in total. The summed E-state index contributed by atoms with van der Waals surface area (Å²) in [5, 5.41) is 23.3. The van der Waals surface area contributed by atoms with E-state index in [0.29, 0.717) is 12.0 Å². The zero-order chi connectivity index (χ0) is 15.5. The Morgan fingerprint density at radius 1 is 1.24 bits per heavy atom. The quantitative estimate of drug-likeness (QED) is 0.875. The van der Waals surface area contributed by atoms with Crippen LogP contribution < -0.4 is 5.32 Å². The highest BCUT2D eigenvalue weighted by Gasteiger charge is 2.20. The van der Waals surface area contributed by atoms with E-state index in [9.17, 15) is 4.79 Å². The number of carboxylic acids is 1. The third kappa shape index (κ3) is 3.51. The Kier molecular flexibility index (Phi) is 4.13. The second kappa shape index (κ2) is 5.84. The van der Waals surface area contributed by atoms with E-state index >= 15 is 0 Å². The van der Waals surface area contributed by atoms with E-state index in [-0.39, 0.29) is 12.0 Å². The molecule has 0 unspecified atom stereocenters. The van der Waals surface area contributed by atoms with Crippen molar-refractivity contribution in [2.24, 2.45) is 0 Å². The highest BCUT2D eigenvalue weighted by molar-refractivity contribution is 5.97. The number of nitriles is 1. The summed E-state index contributed by atoms with van der Waals surface area (Å²) >= 11 is 0. The summed E-state index contributed by atoms with van der Waals surface area (Å²) in [5.41, 5.74) is 1.22. The van der Waals surface area contributed by atoms with Gasteiger partial charge in [-0.05, 0) is 32.4 Å². The molecule has 2 aromatic carbocycles. The summed E-state index contributed by atoms with van der Waals surface area (Å²) in [5.74, 6) is -0.797. The Bertz CT molecular complexity index is 714. The third-order valence-electron chi connectivity index (χ3n) is 3.48. The van der Waals surface area contributed by atoms with Gasteiger partial charge in [0.05, 0.1) is 11.6 Å². The van der Waals surface area contributed by atoms with Gasteiger partial charge in [0.1, 0.15) is 0 Å². The molecule has 0 radical (unpaired) electrons. The number of fused-ring (bicyclic) bond motifs is 1. The number of benzene rings is 2. The van der Waals surface area contributed by atoms with Gasteiger partial charge in [0.2, 0.25) is 0 Å². The average molecular weight is 282 g/mol. The van der Waals surface area contributed by atoms with Crippen LogP contribution in [0, 0.1) is 11.3 Å². The van der Waals surface area contributed by atoms with E-state index in [0.717, 1.165) is 16.5 Å². The minimum Gasteiger partial charge on any atom is -0.481 e. The number of carbonyl (C=O) groups is 1. The molecule has 21 heavy (non-hydrogen) atoms. The first kappa shape index (κ1) is 14.9. The second-order valence-electron chi connectivity index (χ2n) is 5.72. The highest BCUT2D eigenvalue weighted by atomic mass is 16.4. The molecule has 4 heteroatoms. The van der Waals surface area contributed by atoms with Gasteiger partial charge in [-0.25, -0.2) is 0 Å². The van der Waals surface area contributed by atoms with Crippen molar-refractivity contribution >= 4 is 22.4 Å². The summed E-state index contributed by atoms with van der Waals surface area (Å²) in [6.45, 7) is 3.95. The molecule has 0 amide bonds. The molecule has 2 rings (SSSR count). The van der Waals surface area contributed by atoms with E-state index in [2.05, 4.69) is 11.4 Å². The zero-order valence-corrected chi connectivity index (χ0v) is 12.2. The summed E-state index contributed by atoms with van der Waals surface area (Å²) in [7, 11) is 0. The number of rotatable bonds is 5. The molecule has 0 fully saturated rings. The largest absolute Gasteiger partial charge is 0.481 e. The fourth-order valence-corrected chi connectivity index (χ4v) is 2.35. The summed E-state index contributed by atoms with van der Waals surface area (Å²) in [6, 6.07) is 13.6. The normalized spacial score (nSPS) is 11.1. The van der Waals surface area contributed by atoms with Crippen molar-refractivity contribution in [1.82, 2.24) is 0 Å². The van der Waals surface area contributed by atoms with Gasteiger partial charge < -0.3 is 10.4 Å². The highest BCUT2D eigenvalue weighted by Crippen LogP contribution is 2.29. The zero-order valence-electron chi connectivity index (χ0n) is 12.2. The topological polar surface area (TPSA) is 73.1 Å². The molecule has 0 aromatic heterocycles. The van der Waals surface area contributed by atoms with Crippen molar-refractivity contribution in [3.8, 4) is 6.07 Å². The van der Waals surface area contributed by atoms with Crippen molar-refractivity contribution in [3.05, 3.63) is 42.0 Å². The van der Waals surface area contributed by atoms with E-state index < -0.39 is 5.97 Å². The number of hydrogen-bond donors (Lipinski definition) is 2. The smallest absolute Gasteiger partial charge is 0.303 e. The van der Waals surface area contributed by atoms with Crippen molar-refractivity contribution in [2.45, 2.75) is 32.2 Å². The molecule has 0 heterocycles. The first-order chi connectivity index (χ1) is 9.93. The lowest BCUT2D eigenvalue weighted by molar-refractivity contribution is -0.137. The number of nitrogens with zero attached hydrogens (tertiary/aromatic N) is 1. The maximum absolute atomic E-state index is 10.7. The second-order valence-corrected chi connectivity index (χ2v) is 5.72. The minimum atomic E-state index is -0.797. The molecule has 4 nitrogen and oxygen atoms in total. The van der Waals surface area contributed by atoms with Crippen LogP contribution in [0.15, 0.2) is 36.4 Å². The fraction of sp³-hybridized carbons (Fsp3) is 0.294. The lowest BCUT2D eigenvalue weighted by atomic mass is 9.96. The van der Waals surface area contributed by atoms with Gasteiger partial charge in [-0.3, -0.25) is 4.79 Å². The van der Waals surface area contributed by atoms with Gasteiger partial charge in [0.25, 0.3) is 0 Å². The molecule has 108 valence electrons. The number of anilines is 1. The van der Waals surface area contributed by atoms with Crippen molar-refractivity contribution in [1.29, 1.82) is 5.26 Å². The lowest BCUT2D eigenvalue weighted by Gasteiger charge is -2.28. The molecular weight excluding hydrogens is 264 g/mol. The van der Waals surface area contributed by atoms with Crippen LogP contribution in [-0.2, 0) is 4.79 Å². The maximum Gasteiger partial charge on any atom is 0.303 e. The summed E-state index contributed by atoms with van der Waals surface area (Å²) in [6.07, 6.45) is 0.644. The monoisotopic (exact) mass is 282 g/mol. The summed E-state index contributed by atoms with van der Waals surface area (Å²) in [4.78, 5) is 10.7. The molecular formula is C17H18N2O2. The standard InChI is InChI=1S/C17H18N2O2/c1-17(2,10-9-16(20)21)19-15-8-7-12(11-18)13-5-3-4-6-14(13)15/h3-8,19H,9-10H2,1-2H3,(H,20,21). The SMILES string of the molecule is CC(C)(CCC(=O)O)Nc1ccc(C#N)c2ccccc12. The Labute approximate surface area is 124 Å². The number of carboxylic acid groups (broad SMARTS) is 1. The van der Waals surface area contributed by atoms with Crippen molar-refractivity contribution in [2.75, 3.05) is 5.32 Å². The molecule has 0 saturated carbocycles. The van der Waals surface area contributed by atoms with Crippen molar-refractivity contribution in [3.63, 3.8) is 0 Å². The lowest BCUT2D eigenvalue weighted by Crippen LogP contribution is -2.31. The van der Waals surface area contributed by atoms with Crippen LogP contribution in [0.2, 0.25) is 0 Å². The summed E-state index contributed by atoms with van der Waals surface area (Å²) < 4.78 is 0. The predicted molar refractivity (Wildman–Crippen MR) is 83.2 cm³/mol. The number of nitrogens with one attached hydrogen (secondary N) is 1. The van der Waals surface area contributed by atoms with Gasteiger partial charge in [0.15, 0.2) is 0 Å². The van der Waals surface area contributed by atoms with Gasteiger partial charge in [-0.2, -0.15) is 5.26 Å². The van der Waals surface area contributed by atoms with E-state index in [1.165, 1.54) is 0 Å². The Morgan fingerprint density at radius 3 is 2.52 bits per heavy atom. The van der Waals surface area contributed by atoms with Gasteiger partial charge in [-0.1, -0.05) is 24.3 Å². The Morgan fingerprint density at radius 2 is 1.90 bits per heavy atom. The minimum absolute atomic E-state index is 0.119. The molecule has 0 bridgehead atoms. The molecule has 0 aliphatic carbocycles.